The van der Waals surface area contributed by atoms with Gasteiger partial charge in [0, 0.05) is 31.9 Å². The van der Waals surface area contributed by atoms with Crippen LogP contribution in [0.3, 0.4) is 0 Å². The molecule has 0 atom stereocenters. The fourth-order valence-corrected chi connectivity index (χ4v) is 4.90. The molecule has 0 saturated carbocycles. The van der Waals surface area contributed by atoms with Gasteiger partial charge in [-0.05, 0) is 39.8 Å². The van der Waals surface area contributed by atoms with E-state index in [1.165, 1.54) is 4.31 Å². The predicted molar refractivity (Wildman–Crippen MR) is 94.4 cm³/mol. The first-order valence-electron chi connectivity index (χ1n) is 8.38. The van der Waals surface area contributed by atoms with E-state index in [0.717, 1.165) is 5.69 Å². The molecule has 1 fully saturated rings. The lowest BCUT2D eigenvalue weighted by atomic mass is 10.1. The lowest BCUT2D eigenvalue weighted by Crippen LogP contribution is -2.50. The van der Waals surface area contributed by atoms with E-state index < -0.39 is 10.0 Å². The maximum Gasteiger partial charge on any atom is 0.255 e. The van der Waals surface area contributed by atoms with Crippen molar-refractivity contribution >= 4 is 15.9 Å². The van der Waals surface area contributed by atoms with Gasteiger partial charge in [0.25, 0.3) is 5.91 Å². The lowest BCUT2D eigenvalue weighted by molar-refractivity contribution is 0.0696. The summed E-state index contributed by atoms with van der Waals surface area (Å²) in [6.07, 6.45) is 0. The lowest BCUT2D eigenvalue weighted by Gasteiger charge is -2.34. The van der Waals surface area contributed by atoms with Crippen LogP contribution in [0.1, 0.15) is 33.2 Å². The van der Waals surface area contributed by atoms with E-state index in [9.17, 15) is 13.2 Å². The molecule has 1 amide bonds. The van der Waals surface area contributed by atoms with Gasteiger partial charge in [-0.3, -0.25) is 9.78 Å². The monoisotopic (exact) mass is 378 g/mol. The maximum atomic E-state index is 12.8. The Hall–Kier alpha value is -2.26. The summed E-state index contributed by atoms with van der Waals surface area (Å²) in [6, 6.07) is 3.57. The molecule has 0 unspecified atom stereocenters. The van der Waals surface area contributed by atoms with Gasteiger partial charge in [-0.2, -0.15) is 4.31 Å². The van der Waals surface area contributed by atoms with E-state index in [1.54, 1.807) is 37.8 Å². The minimum atomic E-state index is -3.68. The summed E-state index contributed by atoms with van der Waals surface area (Å²) < 4.78 is 32.0. The molecule has 2 aromatic rings. The van der Waals surface area contributed by atoms with Crippen molar-refractivity contribution in [2.45, 2.75) is 32.6 Å². The summed E-state index contributed by atoms with van der Waals surface area (Å²) in [4.78, 5) is 18.8. The minimum Gasteiger partial charge on any atom is -0.360 e. The molecule has 0 bridgehead atoms. The summed E-state index contributed by atoms with van der Waals surface area (Å²) in [5.74, 6) is 0.159. The number of hydrogen-bond donors (Lipinski definition) is 0. The molecule has 0 aromatic carbocycles. The van der Waals surface area contributed by atoms with E-state index in [4.69, 9.17) is 4.52 Å². The molecular formula is C17H22N4O4S. The van der Waals surface area contributed by atoms with Gasteiger partial charge in [0.2, 0.25) is 10.0 Å². The van der Waals surface area contributed by atoms with Gasteiger partial charge in [-0.25, -0.2) is 8.42 Å². The van der Waals surface area contributed by atoms with Crippen molar-refractivity contribution in [3.05, 3.63) is 40.5 Å². The third-order valence-corrected chi connectivity index (χ3v) is 6.69. The fourth-order valence-electron chi connectivity index (χ4n) is 3.19. The Morgan fingerprint density at radius 1 is 1.04 bits per heavy atom. The number of aromatic nitrogens is 2. The highest BCUT2D eigenvalue weighted by Gasteiger charge is 2.34. The van der Waals surface area contributed by atoms with Crippen molar-refractivity contribution in [3.8, 4) is 0 Å². The molecule has 140 valence electrons. The molecule has 3 rings (SSSR count). The molecule has 0 N–H and O–H groups in total. The van der Waals surface area contributed by atoms with Crippen LogP contribution in [0.5, 0.6) is 0 Å². The van der Waals surface area contributed by atoms with Crippen LogP contribution in [0, 0.1) is 27.7 Å². The van der Waals surface area contributed by atoms with Crippen LogP contribution < -0.4 is 0 Å². The van der Waals surface area contributed by atoms with Gasteiger partial charge >= 0.3 is 0 Å². The van der Waals surface area contributed by atoms with E-state index in [0.29, 0.717) is 30.0 Å². The average Bonchev–Trinajstić information content (AvgIpc) is 2.93. The number of carbonyl (C=O) groups excluding carboxylic acids is 1. The van der Waals surface area contributed by atoms with E-state index in [1.807, 2.05) is 6.92 Å². The van der Waals surface area contributed by atoms with Crippen LogP contribution >= 0.6 is 0 Å². The topological polar surface area (TPSA) is 96.6 Å². The van der Waals surface area contributed by atoms with Crippen molar-refractivity contribution in [1.82, 2.24) is 19.3 Å². The normalized spacial score (nSPS) is 16.1. The first kappa shape index (κ1) is 18.5. The van der Waals surface area contributed by atoms with E-state index in [-0.39, 0.29) is 29.7 Å². The zero-order valence-electron chi connectivity index (χ0n) is 15.3. The number of rotatable bonds is 3. The fraction of sp³-hybridized carbons (Fsp3) is 0.471. The number of sulfonamides is 1. The van der Waals surface area contributed by atoms with Crippen LogP contribution in [0.4, 0.5) is 0 Å². The van der Waals surface area contributed by atoms with Gasteiger partial charge in [-0.1, -0.05) is 5.16 Å². The first-order valence-corrected chi connectivity index (χ1v) is 9.82. The highest BCUT2D eigenvalue weighted by atomic mass is 32.2. The predicted octanol–water partition coefficient (Wildman–Crippen LogP) is 1.45. The Morgan fingerprint density at radius 3 is 2.23 bits per heavy atom. The standard InChI is InChI=1S/C17H22N4O4S/c1-11-5-6-15(12(2)18-11)17(22)20-7-9-21(10-8-20)26(23,24)16-13(3)19-25-14(16)4/h5-6H,7-10H2,1-4H3. The highest BCUT2D eigenvalue weighted by Crippen LogP contribution is 2.24. The maximum absolute atomic E-state index is 12.8. The SMILES string of the molecule is Cc1ccc(C(=O)N2CCN(S(=O)(=O)c3c(C)noc3C)CC2)c(C)n1. The smallest absolute Gasteiger partial charge is 0.255 e. The Balaban J connectivity index is 1.74. The first-order chi connectivity index (χ1) is 12.2. The molecule has 1 aliphatic rings. The Kier molecular flexibility index (Phi) is 4.85. The largest absolute Gasteiger partial charge is 0.360 e. The number of aryl methyl sites for hydroxylation is 4. The number of hydrogen-bond acceptors (Lipinski definition) is 6. The molecular weight excluding hydrogens is 356 g/mol. The molecule has 2 aromatic heterocycles. The summed E-state index contributed by atoms with van der Waals surface area (Å²) in [5, 5.41) is 3.72. The number of carbonyl (C=O) groups is 1. The van der Waals surface area contributed by atoms with Crippen molar-refractivity contribution in [3.63, 3.8) is 0 Å². The quantitative estimate of drug-likeness (QED) is 0.802. The number of amides is 1. The second-order valence-corrected chi connectivity index (χ2v) is 8.31. The van der Waals surface area contributed by atoms with Crippen molar-refractivity contribution in [2.75, 3.05) is 26.2 Å². The molecule has 3 heterocycles. The Bertz CT molecular complexity index is 924. The summed E-state index contributed by atoms with van der Waals surface area (Å²) in [7, 11) is -3.68. The van der Waals surface area contributed by atoms with Crippen LogP contribution in [-0.2, 0) is 10.0 Å². The van der Waals surface area contributed by atoms with Crippen LogP contribution in [0.25, 0.3) is 0 Å². The Labute approximate surface area is 152 Å². The Morgan fingerprint density at radius 2 is 1.69 bits per heavy atom. The number of nitrogens with zero attached hydrogens (tertiary/aromatic N) is 4. The minimum absolute atomic E-state index is 0.121. The molecule has 1 aliphatic heterocycles. The van der Waals surface area contributed by atoms with Crippen molar-refractivity contribution in [2.24, 2.45) is 0 Å². The molecule has 26 heavy (non-hydrogen) atoms. The second kappa shape index (κ2) is 6.81. The molecule has 8 nitrogen and oxygen atoms in total. The van der Waals surface area contributed by atoms with Crippen molar-refractivity contribution in [1.29, 1.82) is 0 Å². The van der Waals surface area contributed by atoms with Crippen LogP contribution in [-0.4, -0.2) is 59.8 Å². The second-order valence-electron chi connectivity index (χ2n) is 6.44. The summed E-state index contributed by atoms with van der Waals surface area (Å²) in [5.41, 5.74) is 2.44. The van der Waals surface area contributed by atoms with Crippen molar-refractivity contribution < 1.29 is 17.7 Å². The van der Waals surface area contributed by atoms with Gasteiger partial charge < -0.3 is 9.42 Å². The zero-order chi connectivity index (χ0) is 19.1. The zero-order valence-corrected chi connectivity index (χ0v) is 16.1. The molecule has 0 spiro atoms. The van der Waals surface area contributed by atoms with E-state index >= 15 is 0 Å². The van der Waals surface area contributed by atoms with Gasteiger partial charge in [0.15, 0.2) is 5.76 Å². The van der Waals surface area contributed by atoms with Gasteiger partial charge in [-0.15, -0.1) is 0 Å². The third-order valence-electron chi connectivity index (χ3n) is 4.55. The molecule has 9 heteroatoms. The van der Waals surface area contributed by atoms with Gasteiger partial charge in [0.05, 0.1) is 11.3 Å². The average molecular weight is 378 g/mol. The van der Waals surface area contributed by atoms with Crippen LogP contribution in [0.2, 0.25) is 0 Å². The molecule has 1 saturated heterocycles. The van der Waals surface area contributed by atoms with Gasteiger partial charge in [0.1, 0.15) is 10.6 Å². The van der Waals surface area contributed by atoms with E-state index in [2.05, 4.69) is 10.1 Å². The highest BCUT2D eigenvalue weighted by molar-refractivity contribution is 7.89. The summed E-state index contributed by atoms with van der Waals surface area (Å²) in [6.45, 7) is 7.99. The molecule has 0 aliphatic carbocycles. The number of pyridine rings is 1. The summed E-state index contributed by atoms with van der Waals surface area (Å²) >= 11 is 0. The molecule has 0 radical (unpaired) electrons. The van der Waals surface area contributed by atoms with Crippen LogP contribution in [0.15, 0.2) is 21.6 Å². The number of piperazine rings is 1. The third kappa shape index (κ3) is 3.24.